The number of thiophene rings is 1. The van der Waals surface area contributed by atoms with E-state index in [1.54, 1.807) is 11.3 Å². The Morgan fingerprint density at radius 1 is 1.61 bits per heavy atom. The van der Waals surface area contributed by atoms with Gasteiger partial charge in [-0.2, -0.15) is 0 Å². The fraction of sp³-hybridized carbons (Fsp3) is 0.692. The molecule has 0 radical (unpaired) electrons. The first-order valence-corrected chi connectivity index (χ1v) is 8.48. The third kappa shape index (κ3) is 3.70. The second-order valence-electron chi connectivity index (χ2n) is 4.67. The maximum absolute atomic E-state index is 6.12. The Morgan fingerprint density at radius 2 is 2.44 bits per heavy atom. The van der Waals surface area contributed by atoms with Crippen LogP contribution in [-0.4, -0.2) is 19.7 Å². The average Bonchev–Trinajstić information content (AvgIpc) is 2.70. The number of nitrogens with one attached hydrogen (secondary N) is 1. The van der Waals surface area contributed by atoms with Gasteiger partial charge >= 0.3 is 0 Å². The van der Waals surface area contributed by atoms with Crippen LogP contribution in [0, 0.1) is 5.92 Å². The lowest BCUT2D eigenvalue weighted by molar-refractivity contribution is -0.0255. The quantitative estimate of drug-likeness (QED) is 0.780. The van der Waals surface area contributed by atoms with Gasteiger partial charge in [-0.3, -0.25) is 0 Å². The Balaban J connectivity index is 2.02. The largest absolute Gasteiger partial charge is 0.372 e. The minimum atomic E-state index is 0.205. The lowest BCUT2D eigenvalue weighted by Crippen LogP contribution is -2.31. The molecule has 0 aromatic carbocycles. The van der Waals surface area contributed by atoms with Crippen LogP contribution >= 0.6 is 38.9 Å². The van der Waals surface area contributed by atoms with E-state index in [1.165, 1.54) is 17.7 Å². The maximum atomic E-state index is 6.12. The zero-order valence-electron chi connectivity index (χ0n) is 10.5. The molecule has 0 spiro atoms. The molecular formula is C13H19BrClNOS. The van der Waals surface area contributed by atoms with E-state index in [-0.39, 0.29) is 6.10 Å². The van der Waals surface area contributed by atoms with E-state index >= 15 is 0 Å². The molecule has 1 aromatic rings. The summed E-state index contributed by atoms with van der Waals surface area (Å²) in [5.41, 5.74) is 0. The molecular weight excluding hydrogens is 334 g/mol. The van der Waals surface area contributed by atoms with Gasteiger partial charge in [-0.05, 0) is 47.8 Å². The summed E-state index contributed by atoms with van der Waals surface area (Å²) >= 11 is 11.2. The first-order valence-electron chi connectivity index (χ1n) is 6.49. The fourth-order valence-corrected chi connectivity index (χ4v) is 4.21. The van der Waals surface area contributed by atoms with Crippen molar-refractivity contribution < 1.29 is 4.74 Å². The van der Waals surface area contributed by atoms with Crippen molar-refractivity contribution in [3.05, 3.63) is 19.8 Å². The van der Waals surface area contributed by atoms with Crippen molar-refractivity contribution in [2.75, 3.05) is 19.7 Å². The van der Waals surface area contributed by atoms with Crippen LogP contribution in [0.25, 0.3) is 0 Å². The van der Waals surface area contributed by atoms with Gasteiger partial charge in [-0.15, -0.1) is 11.3 Å². The van der Waals surface area contributed by atoms with Crippen LogP contribution in [-0.2, 0) is 4.74 Å². The minimum absolute atomic E-state index is 0.205. The third-order valence-corrected chi connectivity index (χ3v) is 5.76. The second-order valence-corrected chi connectivity index (χ2v) is 7.21. The second kappa shape index (κ2) is 7.25. The van der Waals surface area contributed by atoms with Crippen LogP contribution in [0.2, 0.25) is 4.34 Å². The molecule has 1 fully saturated rings. The molecule has 2 nitrogen and oxygen atoms in total. The monoisotopic (exact) mass is 351 g/mol. The number of rotatable bonds is 5. The highest BCUT2D eigenvalue weighted by Gasteiger charge is 2.28. The summed E-state index contributed by atoms with van der Waals surface area (Å²) in [7, 11) is 0. The molecule has 18 heavy (non-hydrogen) atoms. The standard InChI is InChI=1S/C13H19BrClNOS/c1-2-5-16-8-9-4-3-6-17-12(9)11-7-10(14)13(15)18-11/h7,9,12,16H,2-6,8H2,1H3. The van der Waals surface area contributed by atoms with E-state index in [1.807, 2.05) is 0 Å². The van der Waals surface area contributed by atoms with Crippen molar-refractivity contribution in [2.45, 2.75) is 32.3 Å². The van der Waals surface area contributed by atoms with Crippen molar-refractivity contribution in [1.29, 1.82) is 0 Å². The van der Waals surface area contributed by atoms with Gasteiger partial charge in [-0.25, -0.2) is 0 Å². The molecule has 2 unspecified atom stereocenters. The number of hydrogen-bond donors (Lipinski definition) is 1. The summed E-state index contributed by atoms with van der Waals surface area (Å²) in [6.45, 7) is 5.17. The smallest absolute Gasteiger partial charge is 0.107 e. The summed E-state index contributed by atoms with van der Waals surface area (Å²) in [4.78, 5) is 1.25. The van der Waals surface area contributed by atoms with Gasteiger partial charge in [-0.1, -0.05) is 18.5 Å². The maximum Gasteiger partial charge on any atom is 0.107 e. The molecule has 1 aliphatic rings. The molecule has 1 aromatic heterocycles. The summed E-state index contributed by atoms with van der Waals surface area (Å²) in [5, 5.41) is 3.51. The van der Waals surface area contributed by atoms with Gasteiger partial charge in [0, 0.05) is 28.4 Å². The highest BCUT2D eigenvalue weighted by Crippen LogP contribution is 2.41. The van der Waals surface area contributed by atoms with Crippen LogP contribution < -0.4 is 5.32 Å². The summed E-state index contributed by atoms with van der Waals surface area (Å²) in [6.07, 6.45) is 3.77. The summed E-state index contributed by atoms with van der Waals surface area (Å²) in [5.74, 6) is 0.562. The minimum Gasteiger partial charge on any atom is -0.372 e. The van der Waals surface area contributed by atoms with Gasteiger partial charge in [0.1, 0.15) is 4.34 Å². The summed E-state index contributed by atoms with van der Waals surface area (Å²) < 4.78 is 7.77. The topological polar surface area (TPSA) is 21.3 Å². The SMILES string of the molecule is CCCNCC1CCCOC1c1cc(Br)c(Cl)s1. The zero-order valence-corrected chi connectivity index (χ0v) is 13.7. The molecule has 1 aliphatic heterocycles. The molecule has 5 heteroatoms. The molecule has 0 bridgehead atoms. The van der Waals surface area contributed by atoms with Crippen LogP contribution in [0.4, 0.5) is 0 Å². The van der Waals surface area contributed by atoms with Gasteiger partial charge in [0.05, 0.1) is 6.10 Å². The Kier molecular flexibility index (Phi) is 5.96. The zero-order chi connectivity index (χ0) is 13.0. The lowest BCUT2D eigenvalue weighted by atomic mass is 9.93. The predicted molar refractivity (Wildman–Crippen MR) is 81.6 cm³/mol. The van der Waals surface area contributed by atoms with Gasteiger partial charge < -0.3 is 10.1 Å². The Bertz CT molecular complexity index is 366. The Hall–Kier alpha value is 0.390. The van der Waals surface area contributed by atoms with Crippen LogP contribution in [0.15, 0.2) is 10.5 Å². The van der Waals surface area contributed by atoms with Crippen molar-refractivity contribution in [3.63, 3.8) is 0 Å². The van der Waals surface area contributed by atoms with Gasteiger partial charge in [0.2, 0.25) is 0 Å². The van der Waals surface area contributed by atoms with E-state index in [4.69, 9.17) is 16.3 Å². The van der Waals surface area contributed by atoms with E-state index in [0.717, 1.165) is 34.9 Å². The summed E-state index contributed by atoms with van der Waals surface area (Å²) in [6, 6.07) is 2.11. The van der Waals surface area contributed by atoms with Crippen LogP contribution in [0.5, 0.6) is 0 Å². The molecule has 2 rings (SSSR count). The van der Waals surface area contributed by atoms with E-state index in [9.17, 15) is 0 Å². The number of hydrogen-bond acceptors (Lipinski definition) is 3. The van der Waals surface area contributed by atoms with Gasteiger partial charge in [0.25, 0.3) is 0 Å². The van der Waals surface area contributed by atoms with Crippen LogP contribution in [0.1, 0.15) is 37.2 Å². The highest BCUT2D eigenvalue weighted by atomic mass is 79.9. The average molecular weight is 353 g/mol. The van der Waals surface area contributed by atoms with E-state index in [0.29, 0.717) is 5.92 Å². The third-order valence-electron chi connectivity index (χ3n) is 3.22. The molecule has 2 heterocycles. The van der Waals surface area contributed by atoms with Crippen molar-refractivity contribution in [1.82, 2.24) is 5.32 Å². The van der Waals surface area contributed by atoms with Gasteiger partial charge in [0.15, 0.2) is 0 Å². The molecule has 0 aliphatic carbocycles. The Morgan fingerprint density at radius 3 is 3.11 bits per heavy atom. The molecule has 0 saturated carbocycles. The molecule has 0 amide bonds. The fourth-order valence-electron chi connectivity index (χ4n) is 2.33. The normalized spacial score (nSPS) is 24.4. The predicted octanol–water partition coefficient (Wildman–Crippen LogP) is 4.63. The Labute approximate surface area is 126 Å². The molecule has 1 saturated heterocycles. The molecule has 2 atom stereocenters. The molecule has 102 valence electrons. The highest BCUT2D eigenvalue weighted by molar-refractivity contribution is 9.10. The van der Waals surface area contributed by atoms with Crippen molar-refractivity contribution >= 4 is 38.9 Å². The van der Waals surface area contributed by atoms with E-state index in [2.05, 4.69) is 34.2 Å². The van der Waals surface area contributed by atoms with Crippen molar-refractivity contribution in [2.24, 2.45) is 5.92 Å². The number of ether oxygens (including phenoxy) is 1. The number of halogens is 2. The molecule has 1 N–H and O–H groups in total. The van der Waals surface area contributed by atoms with E-state index < -0.39 is 0 Å². The first kappa shape index (κ1) is 14.8. The van der Waals surface area contributed by atoms with Crippen LogP contribution in [0.3, 0.4) is 0 Å². The first-order chi connectivity index (χ1) is 8.72. The van der Waals surface area contributed by atoms with Crippen molar-refractivity contribution in [3.8, 4) is 0 Å². The lowest BCUT2D eigenvalue weighted by Gasteiger charge is -2.31.